The van der Waals surface area contributed by atoms with E-state index in [1.807, 2.05) is 0 Å². The van der Waals surface area contributed by atoms with E-state index in [0.717, 1.165) is 19.3 Å². The number of piperidine rings is 1. The number of carbonyl (C=O) groups excluding carboxylic acids is 4. The van der Waals surface area contributed by atoms with Crippen molar-refractivity contribution in [3.05, 3.63) is 54.0 Å². The minimum atomic E-state index is -0.807. The van der Waals surface area contributed by atoms with Gasteiger partial charge in [-0.25, -0.2) is 5.43 Å². The molecule has 2 aromatic rings. The highest BCUT2D eigenvalue weighted by Gasteiger charge is 2.22. The van der Waals surface area contributed by atoms with Gasteiger partial charge in [-0.05, 0) is 43.5 Å². The Hall–Kier alpha value is -3.95. The van der Waals surface area contributed by atoms with Crippen molar-refractivity contribution in [1.29, 1.82) is 0 Å². The van der Waals surface area contributed by atoms with Crippen molar-refractivity contribution < 1.29 is 23.6 Å². The summed E-state index contributed by atoms with van der Waals surface area (Å²) in [7, 11) is 0. The number of anilines is 1. The lowest BCUT2D eigenvalue weighted by Crippen LogP contribution is -2.43. The summed E-state index contributed by atoms with van der Waals surface area (Å²) in [5.41, 5.74) is 2.70. The Kier molecular flexibility index (Phi) is 7.52. The van der Waals surface area contributed by atoms with E-state index in [9.17, 15) is 19.2 Å². The molecule has 1 aliphatic heterocycles. The Labute approximate surface area is 178 Å². The van der Waals surface area contributed by atoms with Gasteiger partial charge in [-0.3, -0.25) is 19.2 Å². The highest BCUT2D eigenvalue weighted by molar-refractivity contribution is 6.39. The van der Waals surface area contributed by atoms with Crippen LogP contribution in [0, 0.1) is 0 Å². The van der Waals surface area contributed by atoms with Gasteiger partial charge >= 0.3 is 23.6 Å². The summed E-state index contributed by atoms with van der Waals surface area (Å²) >= 11 is 0. The number of benzene rings is 1. The van der Waals surface area contributed by atoms with Crippen LogP contribution in [0.5, 0.6) is 0 Å². The van der Waals surface area contributed by atoms with Gasteiger partial charge in [0.1, 0.15) is 11.5 Å². The average molecular weight is 425 g/mol. The fraction of sp³-hybridized carbons (Fsp3) is 0.286. The maximum absolute atomic E-state index is 12.0. The van der Waals surface area contributed by atoms with E-state index >= 15 is 0 Å². The topological polar surface area (TPSA) is 133 Å². The normalized spacial score (nSPS) is 13.6. The molecule has 31 heavy (non-hydrogen) atoms. The molecule has 0 saturated carbocycles. The Morgan fingerprint density at radius 1 is 0.935 bits per heavy atom. The first kappa shape index (κ1) is 21.8. The second kappa shape index (κ2) is 10.7. The van der Waals surface area contributed by atoms with Crippen molar-refractivity contribution in [2.45, 2.75) is 25.8 Å². The standard InChI is InChI=1S/C21H23N5O5/c27-18(19(28)24-15-7-3-1-4-8-15)22-13-16-9-10-17(31-16)14-23-25-20(29)21(30)26-11-5-2-6-12-26/h1,3-4,7-10,14H,2,5-6,11-13H2,(H,22,27)(H,24,28)(H,25,29)/b23-14+. The van der Waals surface area contributed by atoms with Gasteiger partial charge in [-0.15, -0.1) is 0 Å². The maximum Gasteiger partial charge on any atom is 0.329 e. The molecule has 1 aromatic carbocycles. The molecule has 10 nitrogen and oxygen atoms in total. The molecule has 0 unspecified atom stereocenters. The van der Waals surface area contributed by atoms with Crippen LogP contribution in [-0.4, -0.2) is 47.8 Å². The molecule has 1 fully saturated rings. The van der Waals surface area contributed by atoms with Crippen molar-refractivity contribution in [2.24, 2.45) is 5.10 Å². The zero-order chi connectivity index (χ0) is 22.1. The van der Waals surface area contributed by atoms with Crippen LogP contribution in [0.1, 0.15) is 30.8 Å². The van der Waals surface area contributed by atoms with E-state index in [1.165, 1.54) is 11.1 Å². The lowest BCUT2D eigenvalue weighted by atomic mass is 10.1. The first-order valence-electron chi connectivity index (χ1n) is 9.88. The third-order valence-corrected chi connectivity index (χ3v) is 4.54. The van der Waals surface area contributed by atoms with Gasteiger partial charge < -0.3 is 20.0 Å². The SMILES string of the molecule is O=C(NCc1ccc(/C=N/NC(=O)C(=O)N2CCCCC2)o1)C(=O)Nc1ccccc1. The summed E-state index contributed by atoms with van der Waals surface area (Å²) in [6, 6.07) is 11.8. The fourth-order valence-corrected chi connectivity index (χ4v) is 2.96. The molecule has 0 spiro atoms. The molecule has 1 saturated heterocycles. The third kappa shape index (κ3) is 6.53. The first-order chi connectivity index (χ1) is 15.0. The zero-order valence-electron chi connectivity index (χ0n) is 16.8. The van der Waals surface area contributed by atoms with Crippen LogP contribution in [0.3, 0.4) is 0 Å². The molecular formula is C21H23N5O5. The van der Waals surface area contributed by atoms with Gasteiger partial charge in [0.15, 0.2) is 0 Å². The highest BCUT2D eigenvalue weighted by atomic mass is 16.3. The van der Waals surface area contributed by atoms with Gasteiger partial charge in [0, 0.05) is 18.8 Å². The number of furan rings is 1. The predicted octanol–water partition coefficient (Wildman–Crippen LogP) is 0.997. The molecule has 0 radical (unpaired) electrons. The number of amides is 4. The van der Waals surface area contributed by atoms with Gasteiger partial charge in [0.2, 0.25) is 0 Å². The van der Waals surface area contributed by atoms with Gasteiger partial charge in [0.05, 0.1) is 12.8 Å². The molecule has 0 aliphatic carbocycles. The number of rotatable bonds is 5. The number of hydrazone groups is 1. The van der Waals surface area contributed by atoms with Crippen molar-refractivity contribution >= 4 is 35.5 Å². The number of carbonyl (C=O) groups is 4. The Morgan fingerprint density at radius 2 is 1.68 bits per heavy atom. The lowest BCUT2D eigenvalue weighted by molar-refractivity contribution is -0.146. The second-order valence-electron chi connectivity index (χ2n) is 6.86. The minimum Gasteiger partial charge on any atom is -0.458 e. The Morgan fingerprint density at radius 3 is 2.42 bits per heavy atom. The summed E-state index contributed by atoms with van der Waals surface area (Å²) in [5.74, 6) is -2.31. The highest BCUT2D eigenvalue weighted by Crippen LogP contribution is 2.09. The zero-order valence-corrected chi connectivity index (χ0v) is 16.8. The van der Waals surface area contributed by atoms with Crippen LogP contribution in [-0.2, 0) is 25.7 Å². The molecule has 162 valence electrons. The number of nitrogens with zero attached hydrogens (tertiary/aromatic N) is 2. The van der Waals surface area contributed by atoms with Crippen LogP contribution >= 0.6 is 0 Å². The van der Waals surface area contributed by atoms with Crippen LogP contribution in [0.4, 0.5) is 5.69 Å². The van der Waals surface area contributed by atoms with E-state index < -0.39 is 23.6 Å². The molecule has 10 heteroatoms. The van der Waals surface area contributed by atoms with Gasteiger partial charge in [-0.1, -0.05) is 18.2 Å². The smallest absolute Gasteiger partial charge is 0.329 e. The van der Waals surface area contributed by atoms with Crippen molar-refractivity contribution in [3.8, 4) is 0 Å². The van der Waals surface area contributed by atoms with E-state index in [1.54, 1.807) is 42.5 Å². The van der Waals surface area contributed by atoms with Crippen molar-refractivity contribution in [1.82, 2.24) is 15.6 Å². The monoisotopic (exact) mass is 425 g/mol. The molecule has 1 aliphatic rings. The molecule has 1 aromatic heterocycles. The first-order valence-corrected chi connectivity index (χ1v) is 9.88. The Balaban J connectivity index is 1.42. The van der Waals surface area contributed by atoms with Crippen molar-refractivity contribution in [3.63, 3.8) is 0 Å². The predicted molar refractivity (Wildman–Crippen MR) is 112 cm³/mol. The quantitative estimate of drug-likeness (QED) is 0.373. The summed E-state index contributed by atoms with van der Waals surface area (Å²) in [4.78, 5) is 49.2. The van der Waals surface area contributed by atoms with Gasteiger partial charge in [0.25, 0.3) is 0 Å². The molecular weight excluding hydrogens is 402 g/mol. The van der Waals surface area contributed by atoms with E-state index in [4.69, 9.17) is 4.42 Å². The lowest BCUT2D eigenvalue weighted by Gasteiger charge is -2.25. The molecule has 2 heterocycles. The summed E-state index contributed by atoms with van der Waals surface area (Å²) < 4.78 is 5.45. The maximum atomic E-state index is 12.0. The third-order valence-electron chi connectivity index (χ3n) is 4.54. The van der Waals surface area contributed by atoms with Crippen LogP contribution < -0.4 is 16.1 Å². The second-order valence-corrected chi connectivity index (χ2v) is 6.86. The average Bonchev–Trinajstić information content (AvgIpc) is 3.25. The number of hydrogen-bond acceptors (Lipinski definition) is 6. The number of hydrogen-bond donors (Lipinski definition) is 3. The molecule has 0 bridgehead atoms. The van der Waals surface area contributed by atoms with Crippen LogP contribution in [0.2, 0.25) is 0 Å². The fourth-order valence-electron chi connectivity index (χ4n) is 2.96. The van der Waals surface area contributed by atoms with Crippen LogP contribution in [0.15, 0.2) is 52.0 Å². The minimum absolute atomic E-state index is 0.00527. The van der Waals surface area contributed by atoms with Crippen LogP contribution in [0.25, 0.3) is 0 Å². The molecule has 3 N–H and O–H groups in total. The van der Waals surface area contributed by atoms with E-state index in [-0.39, 0.29) is 6.54 Å². The number of nitrogens with one attached hydrogen (secondary N) is 3. The van der Waals surface area contributed by atoms with Gasteiger partial charge in [-0.2, -0.15) is 5.10 Å². The van der Waals surface area contributed by atoms with E-state index in [2.05, 4.69) is 21.2 Å². The van der Waals surface area contributed by atoms with E-state index in [0.29, 0.717) is 30.3 Å². The molecule has 3 rings (SSSR count). The molecule has 0 atom stereocenters. The summed E-state index contributed by atoms with van der Waals surface area (Å²) in [5, 5.41) is 8.65. The van der Waals surface area contributed by atoms with Crippen molar-refractivity contribution in [2.75, 3.05) is 18.4 Å². The number of para-hydroxylation sites is 1. The summed E-state index contributed by atoms with van der Waals surface area (Å²) in [6.07, 6.45) is 4.08. The summed E-state index contributed by atoms with van der Waals surface area (Å²) in [6.45, 7) is 1.15. The largest absolute Gasteiger partial charge is 0.458 e. The Bertz CT molecular complexity index is 964. The molecule has 4 amide bonds. The number of likely N-dealkylation sites (tertiary alicyclic amines) is 1.